The highest BCUT2D eigenvalue weighted by atomic mass is 16.3. The molecule has 5 N–H and O–H groups in total. The Kier molecular flexibility index (Phi) is 3.40. The van der Waals surface area contributed by atoms with Crippen LogP contribution in [0.4, 0.5) is 5.69 Å². The number of nitrogens with two attached hydrogens (primary N) is 1. The summed E-state index contributed by atoms with van der Waals surface area (Å²) in [6.45, 7) is 1.29. The molecule has 0 spiro atoms. The molecule has 0 atom stereocenters. The van der Waals surface area contributed by atoms with Crippen molar-refractivity contribution in [1.82, 2.24) is 0 Å². The first kappa shape index (κ1) is 9.67. The lowest BCUT2D eigenvalue weighted by Crippen LogP contribution is -2.08. The van der Waals surface area contributed by atoms with E-state index in [1.165, 1.54) is 18.2 Å². The molecule has 0 aliphatic heterocycles. The highest BCUT2D eigenvalue weighted by Gasteiger charge is 2.00. The van der Waals surface area contributed by atoms with Crippen molar-refractivity contribution in [3.8, 4) is 11.5 Å². The molecule has 0 amide bonds. The van der Waals surface area contributed by atoms with E-state index < -0.39 is 0 Å². The lowest BCUT2D eigenvalue weighted by molar-refractivity contribution is 0.462. The molecule has 0 aliphatic carbocycles. The van der Waals surface area contributed by atoms with Gasteiger partial charge in [-0.3, -0.25) is 0 Å². The van der Waals surface area contributed by atoms with Crippen molar-refractivity contribution >= 4 is 5.69 Å². The SMILES string of the molecule is NCCCNc1cc(O)ccc1O. The standard InChI is InChI=1S/C9H14N2O2/c10-4-1-5-11-8-6-7(12)2-3-9(8)13/h2-3,6,11-13H,1,4-5,10H2. The maximum Gasteiger partial charge on any atom is 0.138 e. The molecule has 0 saturated heterocycles. The Bertz CT molecular complexity index is 276. The van der Waals surface area contributed by atoms with E-state index in [2.05, 4.69) is 5.32 Å². The molecular weight excluding hydrogens is 168 g/mol. The molecule has 0 fully saturated rings. The van der Waals surface area contributed by atoms with E-state index in [0.29, 0.717) is 18.8 Å². The first-order chi connectivity index (χ1) is 6.24. The highest BCUT2D eigenvalue weighted by Crippen LogP contribution is 2.26. The van der Waals surface area contributed by atoms with E-state index >= 15 is 0 Å². The fourth-order valence-corrected chi connectivity index (χ4v) is 0.991. The number of rotatable bonds is 4. The number of anilines is 1. The zero-order valence-electron chi connectivity index (χ0n) is 7.33. The minimum Gasteiger partial charge on any atom is -0.508 e. The lowest BCUT2D eigenvalue weighted by atomic mass is 10.2. The summed E-state index contributed by atoms with van der Waals surface area (Å²) in [5.41, 5.74) is 5.84. The minimum absolute atomic E-state index is 0.132. The number of hydrogen-bond donors (Lipinski definition) is 4. The van der Waals surface area contributed by atoms with Gasteiger partial charge in [-0.2, -0.15) is 0 Å². The Balaban J connectivity index is 2.59. The summed E-state index contributed by atoms with van der Waals surface area (Å²) < 4.78 is 0. The van der Waals surface area contributed by atoms with Gasteiger partial charge in [-0.05, 0) is 25.1 Å². The molecular formula is C9H14N2O2. The van der Waals surface area contributed by atoms with Crippen molar-refractivity contribution in [2.24, 2.45) is 5.73 Å². The third-order valence-electron chi connectivity index (χ3n) is 1.68. The van der Waals surface area contributed by atoms with E-state index in [4.69, 9.17) is 10.8 Å². The molecule has 13 heavy (non-hydrogen) atoms. The van der Waals surface area contributed by atoms with E-state index in [1.807, 2.05) is 0 Å². The average molecular weight is 182 g/mol. The van der Waals surface area contributed by atoms with Crippen LogP contribution >= 0.6 is 0 Å². The predicted molar refractivity (Wildman–Crippen MR) is 51.9 cm³/mol. The van der Waals surface area contributed by atoms with E-state index in [-0.39, 0.29) is 11.5 Å². The summed E-state index contributed by atoms with van der Waals surface area (Å²) in [6.07, 6.45) is 0.828. The molecule has 1 aromatic rings. The van der Waals surface area contributed by atoms with E-state index in [0.717, 1.165) is 6.42 Å². The first-order valence-electron chi connectivity index (χ1n) is 4.20. The molecule has 4 heteroatoms. The predicted octanol–water partition coefficient (Wildman–Crippen LogP) is 0.858. The smallest absolute Gasteiger partial charge is 0.138 e. The van der Waals surface area contributed by atoms with Gasteiger partial charge in [0.25, 0.3) is 0 Å². The minimum atomic E-state index is 0.132. The van der Waals surface area contributed by atoms with Gasteiger partial charge in [0, 0.05) is 12.6 Å². The van der Waals surface area contributed by atoms with Gasteiger partial charge < -0.3 is 21.3 Å². The maximum absolute atomic E-state index is 9.33. The van der Waals surface area contributed by atoms with Gasteiger partial charge in [0.15, 0.2) is 0 Å². The summed E-state index contributed by atoms with van der Waals surface area (Å²) in [6, 6.07) is 4.36. The summed E-state index contributed by atoms with van der Waals surface area (Å²) in [4.78, 5) is 0. The van der Waals surface area contributed by atoms with Crippen LogP contribution in [0.2, 0.25) is 0 Å². The molecule has 0 bridgehead atoms. The van der Waals surface area contributed by atoms with Crippen molar-refractivity contribution in [3.63, 3.8) is 0 Å². The lowest BCUT2D eigenvalue weighted by Gasteiger charge is -2.07. The van der Waals surface area contributed by atoms with Crippen molar-refractivity contribution in [3.05, 3.63) is 18.2 Å². The molecule has 0 unspecified atom stereocenters. The van der Waals surface area contributed by atoms with Gasteiger partial charge in [-0.25, -0.2) is 0 Å². The van der Waals surface area contributed by atoms with Crippen LogP contribution in [0, 0.1) is 0 Å². The largest absolute Gasteiger partial charge is 0.508 e. The number of phenols is 2. The molecule has 1 aromatic carbocycles. The maximum atomic E-state index is 9.33. The fraction of sp³-hybridized carbons (Fsp3) is 0.333. The van der Waals surface area contributed by atoms with Crippen molar-refractivity contribution in [1.29, 1.82) is 0 Å². The summed E-state index contributed by atoms with van der Waals surface area (Å²) >= 11 is 0. The zero-order chi connectivity index (χ0) is 9.68. The second-order valence-electron chi connectivity index (χ2n) is 2.77. The van der Waals surface area contributed by atoms with Gasteiger partial charge in [0.1, 0.15) is 11.5 Å². The highest BCUT2D eigenvalue weighted by molar-refractivity contribution is 5.58. The molecule has 0 heterocycles. The normalized spacial score (nSPS) is 9.92. The van der Waals surface area contributed by atoms with Gasteiger partial charge in [0.2, 0.25) is 0 Å². The molecule has 0 radical (unpaired) electrons. The Morgan fingerprint density at radius 1 is 1.31 bits per heavy atom. The van der Waals surface area contributed by atoms with Crippen molar-refractivity contribution in [2.75, 3.05) is 18.4 Å². The Labute approximate surface area is 77.0 Å². The topological polar surface area (TPSA) is 78.5 Å². The Morgan fingerprint density at radius 2 is 2.08 bits per heavy atom. The molecule has 0 aliphatic rings. The zero-order valence-corrected chi connectivity index (χ0v) is 7.33. The monoisotopic (exact) mass is 182 g/mol. The van der Waals surface area contributed by atoms with Gasteiger partial charge >= 0.3 is 0 Å². The Hall–Kier alpha value is -1.42. The molecule has 4 nitrogen and oxygen atoms in total. The van der Waals surface area contributed by atoms with Crippen LogP contribution in [-0.4, -0.2) is 23.3 Å². The number of aromatic hydroxyl groups is 2. The van der Waals surface area contributed by atoms with Gasteiger partial charge in [0.05, 0.1) is 5.69 Å². The van der Waals surface area contributed by atoms with Crippen LogP contribution in [0.25, 0.3) is 0 Å². The summed E-state index contributed by atoms with van der Waals surface area (Å²) in [7, 11) is 0. The second-order valence-corrected chi connectivity index (χ2v) is 2.77. The average Bonchev–Trinajstić information content (AvgIpc) is 2.11. The van der Waals surface area contributed by atoms with Crippen molar-refractivity contribution < 1.29 is 10.2 Å². The van der Waals surface area contributed by atoms with Crippen LogP contribution in [0.5, 0.6) is 11.5 Å². The van der Waals surface area contributed by atoms with E-state index in [9.17, 15) is 5.11 Å². The molecule has 0 saturated carbocycles. The van der Waals surface area contributed by atoms with Crippen LogP contribution in [-0.2, 0) is 0 Å². The van der Waals surface area contributed by atoms with Gasteiger partial charge in [-0.15, -0.1) is 0 Å². The van der Waals surface area contributed by atoms with Crippen LogP contribution in [0.3, 0.4) is 0 Å². The summed E-state index contributed by atoms with van der Waals surface area (Å²) in [5, 5.41) is 21.4. The molecule has 1 rings (SSSR count). The fourth-order valence-electron chi connectivity index (χ4n) is 0.991. The van der Waals surface area contributed by atoms with Crippen molar-refractivity contribution in [2.45, 2.75) is 6.42 Å². The van der Waals surface area contributed by atoms with E-state index in [1.54, 1.807) is 0 Å². The number of phenolic OH excluding ortho intramolecular Hbond substituents is 2. The quantitative estimate of drug-likeness (QED) is 0.316. The van der Waals surface area contributed by atoms with Crippen LogP contribution in [0.1, 0.15) is 6.42 Å². The van der Waals surface area contributed by atoms with Gasteiger partial charge in [-0.1, -0.05) is 0 Å². The number of nitrogens with one attached hydrogen (secondary N) is 1. The molecule has 0 aromatic heterocycles. The third kappa shape index (κ3) is 2.83. The number of benzene rings is 1. The first-order valence-corrected chi connectivity index (χ1v) is 4.20. The second kappa shape index (κ2) is 4.57. The number of hydrogen-bond acceptors (Lipinski definition) is 4. The molecule has 72 valence electrons. The third-order valence-corrected chi connectivity index (χ3v) is 1.68. The summed E-state index contributed by atoms with van der Waals surface area (Å²) in [5.74, 6) is 0.267. The Morgan fingerprint density at radius 3 is 2.77 bits per heavy atom. The van der Waals surface area contributed by atoms with Crippen LogP contribution in [0.15, 0.2) is 18.2 Å². The van der Waals surface area contributed by atoms with Crippen LogP contribution < -0.4 is 11.1 Å².